The molecule has 0 unspecified atom stereocenters. The van der Waals surface area contributed by atoms with Gasteiger partial charge in [-0.1, -0.05) is 11.8 Å². The molecule has 2 aromatic rings. The largest absolute Gasteiger partial charge is 0.493 e. The molecule has 2 rings (SSSR count). The monoisotopic (exact) mass is 304 g/mol. The van der Waals surface area contributed by atoms with Gasteiger partial charge in [0.15, 0.2) is 5.16 Å². The molecule has 110 valence electrons. The Labute approximate surface area is 126 Å². The number of aromatic nitrogens is 2. The van der Waals surface area contributed by atoms with Crippen LogP contribution < -0.4 is 16.0 Å². The first-order valence-corrected chi connectivity index (χ1v) is 7.31. The van der Waals surface area contributed by atoms with E-state index < -0.39 is 0 Å². The van der Waals surface area contributed by atoms with Gasteiger partial charge in [0.25, 0.3) is 5.56 Å². The average Bonchev–Trinajstić information content (AvgIpc) is 2.43. The molecular formula is C14H16N4O2S. The van der Waals surface area contributed by atoms with Gasteiger partial charge in [-0.2, -0.15) is 0 Å². The molecule has 4 N–H and O–H groups in total. The number of nitrogens with zero attached hydrogens (tertiary/aromatic N) is 1. The normalized spacial score (nSPS) is 10.3. The number of H-pyrrole nitrogens is 1. The van der Waals surface area contributed by atoms with Gasteiger partial charge in [-0.3, -0.25) is 10.2 Å². The summed E-state index contributed by atoms with van der Waals surface area (Å²) >= 11 is 1.43. The third-order valence-corrected chi connectivity index (χ3v) is 3.44. The predicted octanol–water partition coefficient (Wildman–Crippen LogP) is 1.53. The van der Waals surface area contributed by atoms with Crippen molar-refractivity contribution < 1.29 is 4.74 Å². The number of amidine groups is 1. The third-order valence-electron chi connectivity index (χ3n) is 2.60. The van der Waals surface area contributed by atoms with Gasteiger partial charge in [-0.05, 0) is 31.2 Å². The second-order valence-corrected chi connectivity index (χ2v) is 5.41. The number of nitrogen functional groups attached to an aromatic ring is 1. The molecule has 21 heavy (non-hydrogen) atoms. The molecule has 7 heteroatoms. The van der Waals surface area contributed by atoms with Crippen LogP contribution in [0.5, 0.6) is 5.75 Å². The van der Waals surface area contributed by atoms with Crippen molar-refractivity contribution in [2.45, 2.75) is 12.1 Å². The van der Waals surface area contributed by atoms with Crippen molar-refractivity contribution >= 4 is 17.6 Å². The molecule has 1 heterocycles. The van der Waals surface area contributed by atoms with Crippen LogP contribution in [-0.4, -0.2) is 28.2 Å². The zero-order chi connectivity index (χ0) is 15.2. The van der Waals surface area contributed by atoms with Crippen LogP contribution in [0.15, 0.2) is 40.3 Å². The number of benzene rings is 1. The fourth-order valence-corrected chi connectivity index (χ4v) is 2.39. The lowest BCUT2D eigenvalue weighted by Gasteiger charge is -2.06. The highest BCUT2D eigenvalue weighted by atomic mass is 32.2. The van der Waals surface area contributed by atoms with Crippen molar-refractivity contribution in [3.63, 3.8) is 0 Å². The van der Waals surface area contributed by atoms with Crippen molar-refractivity contribution in [3.8, 4) is 5.75 Å². The van der Waals surface area contributed by atoms with Gasteiger partial charge >= 0.3 is 0 Å². The highest BCUT2D eigenvalue weighted by molar-refractivity contribution is 7.99. The minimum absolute atomic E-state index is 0.0339. The van der Waals surface area contributed by atoms with Crippen LogP contribution in [0, 0.1) is 12.3 Å². The van der Waals surface area contributed by atoms with Crippen molar-refractivity contribution in [1.29, 1.82) is 5.41 Å². The highest BCUT2D eigenvalue weighted by Crippen LogP contribution is 2.14. The predicted molar refractivity (Wildman–Crippen MR) is 83.3 cm³/mol. The van der Waals surface area contributed by atoms with Crippen LogP contribution in [-0.2, 0) is 0 Å². The average molecular weight is 304 g/mol. The standard InChI is InChI=1S/C14H16N4O2S/c1-9-8-12(19)18-14(17-9)21-7-6-20-11-4-2-10(3-5-11)13(15)16/h2-5,8H,6-7H2,1H3,(H3,15,16)(H,17,18,19). The quantitative estimate of drug-likeness (QED) is 0.247. The van der Waals surface area contributed by atoms with Gasteiger partial charge in [0.1, 0.15) is 11.6 Å². The van der Waals surface area contributed by atoms with Crippen LogP contribution in [0.1, 0.15) is 11.3 Å². The highest BCUT2D eigenvalue weighted by Gasteiger charge is 2.01. The molecule has 0 saturated carbocycles. The number of nitrogens with one attached hydrogen (secondary N) is 2. The van der Waals surface area contributed by atoms with Crippen molar-refractivity contribution in [3.05, 3.63) is 51.9 Å². The van der Waals surface area contributed by atoms with Crippen LogP contribution in [0.25, 0.3) is 0 Å². The Hall–Kier alpha value is -2.28. The van der Waals surface area contributed by atoms with Gasteiger partial charge < -0.3 is 15.5 Å². The molecule has 6 nitrogen and oxygen atoms in total. The second-order valence-electron chi connectivity index (χ2n) is 4.33. The van der Waals surface area contributed by atoms with Crippen LogP contribution in [0.3, 0.4) is 0 Å². The molecule has 0 aliphatic heterocycles. The number of rotatable bonds is 6. The Bertz CT molecular complexity index is 682. The van der Waals surface area contributed by atoms with E-state index in [0.29, 0.717) is 34.5 Å². The molecule has 0 fully saturated rings. The molecule has 0 spiro atoms. The smallest absolute Gasteiger partial charge is 0.251 e. The van der Waals surface area contributed by atoms with Crippen LogP contribution in [0.4, 0.5) is 0 Å². The molecule has 0 radical (unpaired) electrons. The minimum Gasteiger partial charge on any atom is -0.493 e. The van der Waals surface area contributed by atoms with E-state index >= 15 is 0 Å². The molecule has 0 atom stereocenters. The van der Waals surface area contributed by atoms with E-state index in [1.165, 1.54) is 17.8 Å². The molecular weight excluding hydrogens is 288 g/mol. The molecule has 0 aliphatic carbocycles. The van der Waals surface area contributed by atoms with Crippen molar-refractivity contribution in [2.24, 2.45) is 5.73 Å². The zero-order valence-electron chi connectivity index (χ0n) is 11.6. The summed E-state index contributed by atoms with van der Waals surface area (Å²) in [7, 11) is 0. The fourth-order valence-electron chi connectivity index (χ4n) is 1.65. The summed E-state index contributed by atoms with van der Waals surface area (Å²) in [6.07, 6.45) is 0. The summed E-state index contributed by atoms with van der Waals surface area (Å²) < 4.78 is 5.57. The lowest BCUT2D eigenvalue weighted by molar-refractivity contribution is 0.344. The van der Waals surface area contributed by atoms with Gasteiger partial charge in [0.2, 0.25) is 0 Å². The number of thioether (sulfide) groups is 1. The number of aryl methyl sites for hydroxylation is 1. The van der Waals surface area contributed by atoms with Crippen molar-refractivity contribution in [1.82, 2.24) is 9.97 Å². The first kappa shape index (κ1) is 15.1. The van der Waals surface area contributed by atoms with E-state index in [-0.39, 0.29) is 11.4 Å². The maximum Gasteiger partial charge on any atom is 0.251 e. The van der Waals surface area contributed by atoms with Crippen molar-refractivity contribution in [2.75, 3.05) is 12.4 Å². The fraction of sp³-hybridized carbons (Fsp3) is 0.214. The molecule has 1 aromatic heterocycles. The van der Waals surface area contributed by atoms with E-state index in [0.717, 1.165) is 0 Å². The second kappa shape index (κ2) is 6.94. The van der Waals surface area contributed by atoms with Gasteiger partial charge in [0, 0.05) is 23.1 Å². The van der Waals surface area contributed by atoms with Gasteiger partial charge in [-0.25, -0.2) is 4.98 Å². The first-order chi connectivity index (χ1) is 10.0. The van der Waals surface area contributed by atoms with E-state index in [4.69, 9.17) is 15.9 Å². The topological polar surface area (TPSA) is 105 Å². The number of aromatic amines is 1. The minimum atomic E-state index is -0.147. The Morgan fingerprint density at radius 2 is 2.14 bits per heavy atom. The van der Waals surface area contributed by atoms with Gasteiger partial charge in [0.05, 0.1) is 6.61 Å². The molecule has 1 aromatic carbocycles. The van der Waals surface area contributed by atoms with Gasteiger partial charge in [-0.15, -0.1) is 0 Å². The third kappa shape index (κ3) is 4.64. The number of ether oxygens (including phenoxy) is 1. The summed E-state index contributed by atoms with van der Waals surface area (Å²) in [5, 5.41) is 7.89. The Balaban J connectivity index is 1.81. The lowest BCUT2D eigenvalue weighted by Crippen LogP contribution is -2.11. The maximum atomic E-state index is 11.3. The Morgan fingerprint density at radius 1 is 1.43 bits per heavy atom. The first-order valence-electron chi connectivity index (χ1n) is 6.32. The Morgan fingerprint density at radius 3 is 2.76 bits per heavy atom. The summed E-state index contributed by atoms with van der Waals surface area (Å²) in [5.74, 6) is 1.42. The molecule has 0 saturated heterocycles. The molecule has 0 amide bonds. The Kier molecular flexibility index (Phi) is 4.99. The van der Waals surface area contributed by atoms with Crippen LogP contribution >= 0.6 is 11.8 Å². The number of hydrogen-bond donors (Lipinski definition) is 3. The molecule has 0 aliphatic rings. The summed E-state index contributed by atoms with van der Waals surface area (Å²) in [4.78, 5) is 18.2. The van der Waals surface area contributed by atoms with Crippen LogP contribution in [0.2, 0.25) is 0 Å². The maximum absolute atomic E-state index is 11.3. The van der Waals surface area contributed by atoms with E-state index in [1.54, 1.807) is 31.2 Å². The molecule has 0 bridgehead atoms. The summed E-state index contributed by atoms with van der Waals surface area (Å²) in [5.41, 5.74) is 6.59. The zero-order valence-corrected chi connectivity index (χ0v) is 12.4. The number of hydrogen-bond acceptors (Lipinski definition) is 5. The summed E-state index contributed by atoms with van der Waals surface area (Å²) in [6, 6.07) is 8.48. The van der Waals surface area contributed by atoms with E-state index in [1.807, 2.05) is 0 Å². The SMILES string of the molecule is Cc1cc(=O)[nH]c(SCCOc2ccc(C(=N)N)cc2)n1. The summed E-state index contributed by atoms with van der Waals surface area (Å²) in [6.45, 7) is 2.27. The van der Waals surface area contributed by atoms with E-state index in [9.17, 15) is 4.79 Å². The van der Waals surface area contributed by atoms with E-state index in [2.05, 4.69) is 9.97 Å². The lowest BCUT2D eigenvalue weighted by atomic mass is 10.2. The number of nitrogens with two attached hydrogens (primary N) is 1.